The van der Waals surface area contributed by atoms with E-state index >= 15 is 0 Å². The predicted octanol–water partition coefficient (Wildman–Crippen LogP) is 2.21. The summed E-state index contributed by atoms with van der Waals surface area (Å²) in [5.74, 6) is 0. The van der Waals surface area contributed by atoms with Gasteiger partial charge in [0.05, 0.1) is 6.10 Å². The number of nitrogens with zero attached hydrogens (tertiary/aromatic N) is 1. The molecule has 2 aliphatic rings. The molecule has 0 aliphatic carbocycles. The van der Waals surface area contributed by atoms with Crippen LogP contribution in [-0.4, -0.2) is 38.9 Å². The van der Waals surface area contributed by atoms with Crippen LogP contribution in [0.1, 0.15) is 24.8 Å². The Morgan fingerprint density at radius 3 is 3.16 bits per heavy atom. The molecule has 1 N–H and O–H groups in total. The number of benzene rings is 1. The number of hydrogen-bond acceptors (Lipinski definition) is 3. The number of rotatable bonds is 6. The van der Waals surface area contributed by atoms with E-state index in [4.69, 9.17) is 4.74 Å². The molecular formula is C16H24N2O. The van der Waals surface area contributed by atoms with Crippen molar-refractivity contribution >= 4 is 5.69 Å². The van der Waals surface area contributed by atoms with E-state index in [9.17, 15) is 0 Å². The first kappa shape index (κ1) is 12.9. The Balaban J connectivity index is 1.34. The average molecular weight is 260 g/mol. The number of hydrogen-bond donors (Lipinski definition) is 1. The van der Waals surface area contributed by atoms with Crippen LogP contribution in [0, 0.1) is 0 Å². The summed E-state index contributed by atoms with van der Waals surface area (Å²) in [6.07, 6.45) is 5.34. The SMILES string of the molecule is c1ccc2c(c1)CCN2CCCNCC1CCCO1. The highest BCUT2D eigenvalue weighted by Crippen LogP contribution is 2.27. The molecule has 19 heavy (non-hydrogen) atoms. The average Bonchev–Trinajstić information content (AvgIpc) is 3.08. The second-order valence-corrected chi connectivity index (χ2v) is 5.56. The smallest absolute Gasteiger partial charge is 0.0700 e. The first-order valence-corrected chi connectivity index (χ1v) is 7.58. The molecule has 3 nitrogen and oxygen atoms in total. The van der Waals surface area contributed by atoms with Crippen LogP contribution in [0.2, 0.25) is 0 Å². The van der Waals surface area contributed by atoms with E-state index in [0.717, 1.165) is 26.2 Å². The molecule has 3 heteroatoms. The molecule has 1 aromatic rings. The molecule has 0 amide bonds. The molecule has 0 radical (unpaired) electrons. The molecule has 2 heterocycles. The molecule has 1 unspecified atom stereocenters. The Hall–Kier alpha value is -1.06. The molecule has 1 fully saturated rings. The number of fused-ring (bicyclic) bond motifs is 1. The van der Waals surface area contributed by atoms with E-state index < -0.39 is 0 Å². The van der Waals surface area contributed by atoms with Gasteiger partial charge in [-0.15, -0.1) is 0 Å². The van der Waals surface area contributed by atoms with Crippen molar-refractivity contribution in [1.29, 1.82) is 0 Å². The molecule has 3 rings (SSSR count). The zero-order valence-corrected chi connectivity index (χ0v) is 11.6. The van der Waals surface area contributed by atoms with Crippen LogP contribution >= 0.6 is 0 Å². The largest absolute Gasteiger partial charge is 0.377 e. The Bertz CT molecular complexity index is 401. The lowest BCUT2D eigenvalue weighted by molar-refractivity contribution is 0.110. The Morgan fingerprint density at radius 2 is 2.26 bits per heavy atom. The second-order valence-electron chi connectivity index (χ2n) is 5.56. The fourth-order valence-electron chi connectivity index (χ4n) is 3.10. The maximum atomic E-state index is 5.61. The Kier molecular flexibility index (Phi) is 4.36. The molecule has 1 saturated heterocycles. The highest BCUT2D eigenvalue weighted by molar-refractivity contribution is 5.57. The number of nitrogens with one attached hydrogen (secondary N) is 1. The van der Waals surface area contributed by atoms with Crippen molar-refractivity contribution in [3.8, 4) is 0 Å². The predicted molar refractivity (Wildman–Crippen MR) is 78.8 cm³/mol. The first-order valence-electron chi connectivity index (χ1n) is 7.58. The summed E-state index contributed by atoms with van der Waals surface area (Å²) in [5, 5.41) is 3.52. The van der Waals surface area contributed by atoms with Gasteiger partial charge >= 0.3 is 0 Å². The number of anilines is 1. The highest BCUT2D eigenvalue weighted by atomic mass is 16.5. The summed E-state index contributed by atoms with van der Waals surface area (Å²) >= 11 is 0. The molecule has 1 aromatic carbocycles. The van der Waals surface area contributed by atoms with Gasteiger partial charge in [-0.25, -0.2) is 0 Å². The van der Waals surface area contributed by atoms with Crippen LogP contribution in [0.25, 0.3) is 0 Å². The molecule has 2 aliphatic heterocycles. The maximum Gasteiger partial charge on any atom is 0.0700 e. The van der Waals surface area contributed by atoms with Crippen molar-refractivity contribution in [1.82, 2.24) is 5.32 Å². The summed E-state index contributed by atoms with van der Waals surface area (Å²) in [4.78, 5) is 2.52. The first-order chi connectivity index (χ1) is 9.43. The van der Waals surface area contributed by atoms with E-state index in [1.165, 1.54) is 43.5 Å². The minimum absolute atomic E-state index is 0.465. The van der Waals surface area contributed by atoms with Crippen LogP contribution in [0.4, 0.5) is 5.69 Å². The third-order valence-corrected chi connectivity index (χ3v) is 4.16. The summed E-state index contributed by atoms with van der Waals surface area (Å²) in [7, 11) is 0. The monoisotopic (exact) mass is 260 g/mol. The lowest BCUT2D eigenvalue weighted by Gasteiger charge is -2.19. The quantitative estimate of drug-likeness (QED) is 0.794. The molecule has 0 saturated carbocycles. The van der Waals surface area contributed by atoms with Crippen molar-refractivity contribution < 1.29 is 4.74 Å². The molecule has 104 valence electrons. The van der Waals surface area contributed by atoms with Crippen LogP contribution in [-0.2, 0) is 11.2 Å². The number of para-hydroxylation sites is 1. The van der Waals surface area contributed by atoms with Crippen molar-refractivity contribution in [3.63, 3.8) is 0 Å². The van der Waals surface area contributed by atoms with Crippen molar-refractivity contribution in [2.24, 2.45) is 0 Å². The van der Waals surface area contributed by atoms with Gasteiger partial charge in [0.15, 0.2) is 0 Å². The molecular weight excluding hydrogens is 236 g/mol. The topological polar surface area (TPSA) is 24.5 Å². The highest BCUT2D eigenvalue weighted by Gasteiger charge is 2.17. The van der Waals surface area contributed by atoms with Gasteiger partial charge in [-0.05, 0) is 43.9 Å². The van der Waals surface area contributed by atoms with Crippen LogP contribution < -0.4 is 10.2 Å². The van der Waals surface area contributed by atoms with Gasteiger partial charge in [-0.3, -0.25) is 0 Å². The standard InChI is InChI=1S/C16H24N2O/c1-2-7-16-14(5-1)8-11-18(16)10-4-9-17-13-15-6-3-12-19-15/h1-2,5,7,15,17H,3-4,6,8-13H2. The summed E-state index contributed by atoms with van der Waals surface area (Å²) in [5.41, 5.74) is 2.96. The van der Waals surface area contributed by atoms with Gasteiger partial charge in [0.1, 0.15) is 0 Å². The summed E-state index contributed by atoms with van der Waals surface area (Å²) < 4.78 is 5.61. The fourth-order valence-corrected chi connectivity index (χ4v) is 3.10. The Labute approximate surface area is 115 Å². The minimum atomic E-state index is 0.465. The lowest BCUT2D eigenvalue weighted by Crippen LogP contribution is -2.30. The van der Waals surface area contributed by atoms with Gasteiger partial charge in [0, 0.05) is 31.9 Å². The lowest BCUT2D eigenvalue weighted by atomic mass is 10.2. The number of ether oxygens (including phenoxy) is 1. The van der Waals surface area contributed by atoms with E-state index in [0.29, 0.717) is 6.10 Å². The summed E-state index contributed by atoms with van der Waals surface area (Å²) in [6, 6.07) is 8.80. The molecule has 0 bridgehead atoms. The van der Waals surface area contributed by atoms with Gasteiger partial charge in [-0.1, -0.05) is 18.2 Å². The second kappa shape index (κ2) is 6.40. The van der Waals surface area contributed by atoms with Gasteiger partial charge < -0.3 is 15.0 Å². The van der Waals surface area contributed by atoms with E-state index in [1.54, 1.807) is 0 Å². The van der Waals surface area contributed by atoms with Crippen LogP contribution in [0.3, 0.4) is 0 Å². The van der Waals surface area contributed by atoms with E-state index in [1.807, 2.05) is 0 Å². The third-order valence-electron chi connectivity index (χ3n) is 4.16. The Morgan fingerprint density at radius 1 is 1.32 bits per heavy atom. The zero-order valence-electron chi connectivity index (χ0n) is 11.6. The molecule has 0 aromatic heterocycles. The third kappa shape index (κ3) is 3.28. The van der Waals surface area contributed by atoms with E-state index in [2.05, 4.69) is 34.5 Å². The zero-order chi connectivity index (χ0) is 12.9. The van der Waals surface area contributed by atoms with Gasteiger partial charge in [0.2, 0.25) is 0 Å². The fraction of sp³-hybridized carbons (Fsp3) is 0.625. The van der Waals surface area contributed by atoms with Crippen molar-refractivity contribution in [3.05, 3.63) is 29.8 Å². The maximum absolute atomic E-state index is 5.61. The van der Waals surface area contributed by atoms with E-state index in [-0.39, 0.29) is 0 Å². The van der Waals surface area contributed by atoms with Crippen molar-refractivity contribution in [2.45, 2.75) is 31.8 Å². The molecule has 1 atom stereocenters. The summed E-state index contributed by atoms with van der Waals surface area (Å²) in [6.45, 7) is 5.42. The van der Waals surface area contributed by atoms with Gasteiger partial charge in [0.25, 0.3) is 0 Å². The van der Waals surface area contributed by atoms with Crippen LogP contribution in [0.5, 0.6) is 0 Å². The molecule has 0 spiro atoms. The van der Waals surface area contributed by atoms with Gasteiger partial charge in [-0.2, -0.15) is 0 Å². The minimum Gasteiger partial charge on any atom is -0.377 e. The van der Waals surface area contributed by atoms with Crippen LogP contribution in [0.15, 0.2) is 24.3 Å². The van der Waals surface area contributed by atoms with Crippen molar-refractivity contribution in [2.75, 3.05) is 37.7 Å². The normalized spacial score (nSPS) is 21.9.